The number of hydrogen-bond donors (Lipinski definition) is 3. The van der Waals surface area contributed by atoms with Crippen LogP contribution in [-0.2, 0) is 9.59 Å². The van der Waals surface area contributed by atoms with E-state index in [1.165, 1.54) is 12.8 Å². The molecule has 0 aliphatic carbocycles. The zero-order valence-electron chi connectivity index (χ0n) is 31.3. The van der Waals surface area contributed by atoms with E-state index in [2.05, 4.69) is 53.4 Å². The molecule has 288 valence electrons. The molecule has 6 aliphatic heterocycles. The van der Waals surface area contributed by atoms with Crippen molar-refractivity contribution in [3.05, 3.63) is 59.7 Å². The average molecular weight is 748 g/mol. The van der Waals surface area contributed by atoms with Gasteiger partial charge >= 0.3 is 0 Å². The third kappa shape index (κ3) is 6.79. The molecule has 3 aromatic rings. The lowest BCUT2D eigenvalue weighted by atomic mass is 9.85. The molecule has 0 spiro atoms. The number of fused-ring (bicyclic) bond motifs is 4. The number of para-hydroxylation sites is 1. The van der Waals surface area contributed by atoms with Gasteiger partial charge in [-0.1, -0.05) is 19.1 Å². The maximum atomic E-state index is 13.4. The minimum absolute atomic E-state index is 0.106. The van der Waals surface area contributed by atoms with Crippen molar-refractivity contribution in [2.75, 3.05) is 80.6 Å². The summed E-state index contributed by atoms with van der Waals surface area (Å²) in [6, 6.07) is 14.2. The Morgan fingerprint density at radius 2 is 1.62 bits per heavy atom. The molecule has 0 saturated carbocycles. The Hall–Kier alpha value is -5.08. The molecular weight excluding hydrogens is 699 g/mol. The number of phenolic OH excluding ortho intramolecular Hbond substituents is 1. The zero-order chi connectivity index (χ0) is 37.8. The number of hydrogen-bond acceptors (Lipinski definition) is 12. The number of amides is 4. The molecule has 4 saturated heterocycles. The summed E-state index contributed by atoms with van der Waals surface area (Å²) in [5.41, 5.74) is 4.03. The Morgan fingerprint density at radius 1 is 0.800 bits per heavy atom. The maximum Gasteiger partial charge on any atom is 0.262 e. The summed E-state index contributed by atoms with van der Waals surface area (Å²) in [5, 5.41) is 25.0. The summed E-state index contributed by atoms with van der Waals surface area (Å²) in [6.45, 7) is 12.4. The second-order valence-corrected chi connectivity index (χ2v) is 16.4. The fourth-order valence-electron chi connectivity index (χ4n) is 9.74. The number of nitrogens with zero attached hydrogens (tertiary/aromatic N) is 7. The van der Waals surface area contributed by atoms with E-state index in [1.54, 1.807) is 12.1 Å². The van der Waals surface area contributed by atoms with E-state index in [0.29, 0.717) is 46.2 Å². The molecule has 2 aromatic carbocycles. The first-order chi connectivity index (χ1) is 26.7. The van der Waals surface area contributed by atoms with Crippen LogP contribution >= 0.6 is 0 Å². The largest absolute Gasteiger partial charge is 0.507 e. The molecule has 4 fully saturated rings. The highest BCUT2D eigenvalue weighted by Crippen LogP contribution is 2.37. The summed E-state index contributed by atoms with van der Waals surface area (Å²) in [5.74, 6) is 0.896. The molecule has 14 nitrogen and oxygen atoms in total. The van der Waals surface area contributed by atoms with Crippen LogP contribution in [0.5, 0.6) is 5.75 Å². The molecule has 7 heterocycles. The van der Waals surface area contributed by atoms with Crippen LogP contribution in [0.15, 0.2) is 48.5 Å². The van der Waals surface area contributed by atoms with Crippen molar-refractivity contribution in [3.8, 4) is 17.0 Å². The molecule has 14 heteroatoms. The van der Waals surface area contributed by atoms with Crippen LogP contribution < -0.4 is 20.4 Å². The quantitative estimate of drug-likeness (QED) is 0.305. The van der Waals surface area contributed by atoms with Gasteiger partial charge in [0.15, 0.2) is 5.82 Å². The number of rotatable bonds is 7. The van der Waals surface area contributed by atoms with E-state index in [1.807, 2.05) is 30.3 Å². The van der Waals surface area contributed by atoms with Gasteiger partial charge < -0.3 is 25.1 Å². The molecule has 4 atom stereocenters. The van der Waals surface area contributed by atoms with E-state index < -0.39 is 23.8 Å². The van der Waals surface area contributed by atoms with Gasteiger partial charge in [0.1, 0.15) is 11.8 Å². The van der Waals surface area contributed by atoms with Crippen LogP contribution in [0.1, 0.15) is 59.7 Å². The molecule has 6 aliphatic rings. The van der Waals surface area contributed by atoms with E-state index in [4.69, 9.17) is 0 Å². The molecule has 0 bridgehead atoms. The topological polar surface area (TPSA) is 155 Å². The molecule has 3 N–H and O–H groups in total. The van der Waals surface area contributed by atoms with E-state index >= 15 is 0 Å². The number of nitrogens with one attached hydrogen (secondary N) is 2. The molecule has 1 aromatic heterocycles. The predicted molar refractivity (Wildman–Crippen MR) is 207 cm³/mol. The van der Waals surface area contributed by atoms with E-state index in [0.717, 1.165) is 94.0 Å². The Kier molecular flexibility index (Phi) is 9.41. The van der Waals surface area contributed by atoms with Crippen molar-refractivity contribution in [3.63, 3.8) is 0 Å². The van der Waals surface area contributed by atoms with Crippen molar-refractivity contribution in [2.45, 2.75) is 51.1 Å². The zero-order valence-corrected chi connectivity index (χ0v) is 31.3. The normalized spacial score (nSPS) is 26.4. The Bertz CT molecular complexity index is 2020. The summed E-state index contributed by atoms with van der Waals surface area (Å²) >= 11 is 0. The molecule has 3 unspecified atom stereocenters. The second-order valence-electron chi connectivity index (χ2n) is 16.4. The Morgan fingerprint density at radius 3 is 2.42 bits per heavy atom. The van der Waals surface area contributed by atoms with Crippen molar-refractivity contribution in [2.24, 2.45) is 17.8 Å². The van der Waals surface area contributed by atoms with Gasteiger partial charge in [0, 0.05) is 70.0 Å². The number of carbonyl (C=O) groups excluding carboxylic acids is 4. The number of aromatic hydroxyl groups is 1. The fraction of sp³-hybridized carbons (Fsp3) is 0.512. The van der Waals surface area contributed by atoms with Crippen LogP contribution in [0.4, 0.5) is 17.2 Å². The molecule has 4 amide bonds. The predicted octanol–water partition coefficient (Wildman–Crippen LogP) is 3.04. The SMILES string of the molecule is CC1CN(c2ccc3c(c2)C(=O)N(C2CCC(=O)NC2=O)C3=O)CCC1CN1CCC(CN2CCN3c4cc(-c5ccccc5O)nnc4NC[C@H]3C2)CC1. The van der Waals surface area contributed by atoms with Crippen LogP contribution in [-0.4, -0.2) is 131 Å². The van der Waals surface area contributed by atoms with E-state index in [-0.39, 0.29) is 24.5 Å². The minimum Gasteiger partial charge on any atom is -0.507 e. The fourth-order valence-corrected chi connectivity index (χ4v) is 9.74. The van der Waals surface area contributed by atoms with Gasteiger partial charge in [0.05, 0.1) is 28.6 Å². The third-order valence-corrected chi connectivity index (χ3v) is 12.9. The van der Waals surface area contributed by atoms with Crippen LogP contribution in [0, 0.1) is 17.8 Å². The number of benzene rings is 2. The van der Waals surface area contributed by atoms with Crippen LogP contribution in [0.25, 0.3) is 11.3 Å². The van der Waals surface area contributed by atoms with Crippen LogP contribution in [0.2, 0.25) is 0 Å². The van der Waals surface area contributed by atoms with Crippen molar-refractivity contribution in [1.29, 1.82) is 0 Å². The standard InChI is InChI=1S/C41H49N9O5/c1-25-21-48(28-6-7-30-32(18-28)41(55)50(40(30)54)34-8-9-37(52)43-39(34)53)15-12-27(25)23-46-13-10-26(11-14-46)22-47-16-17-49-29(24-47)20-42-38-35(49)19-33(44-45-38)31-4-2-3-5-36(31)51/h2-7,18-19,25-27,29,34,51H,8-17,20-24H2,1H3,(H,42,45)(H,43,52,53)/t25?,27?,29-,34?/m0/s1. The summed E-state index contributed by atoms with van der Waals surface area (Å²) in [7, 11) is 0. The summed E-state index contributed by atoms with van der Waals surface area (Å²) < 4.78 is 0. The van der Waals surface area contributed by atoms with E-state index in [9.17, 15) is 24.3 Å². The number of phenols is 1. The second kappa shape index (κ2) is 14.5. The summed E-state index contributed by atoms with van der Waals surface area (Å²) in [4.78, 5) is 61.8. The highest BCUT2D eigenvalue weighted by molar-refractivity contribution is 6.23. The van der Waals surface area contributed by atoms with Gasteiger partial charge in [-0.05, 0) is 92.9 Å². The smallest absolute Gasteiger partial charge is 0.262 e. The lowest BCUT2D eigenvalue weighted by Crippen LogP contribution is -2.58. The molecule has 55 heavy (non-hydrogen) atoms. The monoisotopic (exact) mass is 747 g/mol. The van der Waals surface area contributed by atoms with Gasteiger partial charge in [0.2, 0.25) is 11.8 Å². The van der Waals surface area contributed by atoms with Gasteiger partial charge in [-0.15, -0.1) is 10.2 Å². The number of aromatic nitrogens is 2. The minimum atomic E-state index is -0.957. The van der Waals surface area contributed by atoms with Crippen molar-refractivity contribution >= 4 is 40.8 Å². The first kappa shape index (κ1) is 35.6. The number of piperidine rings is 3. The average Bonchev–Trinajstić information content (AvgIpc) is 3.44. The lowest BCUT2D eigenvalue weighted by molar-refractivity contribution is -0.136. The maximum absolute atomic E-state index is 13.4. The van der Waals surface area contributed by atoms with Gasteiger partial charge in [-0.2, -0.15) is 0 Å². The van der Waals surface area contributed by atoms with Crippen molar-refractivity contribution in [1.82, 2.24) is 30.2 Å². The molecule has 0 radical (unpaired) electrons. The van der Waals surface area contributed by atoms with Gasteiger partial charge in [-0.3, -0.25) is 34.3 Å². The van der Waals surface area contributed by atoms with Crippen molar-refractivity contribution < 1.29 is 24.3 Å². The first-order valence-electron chi connectivity index (χ1n) is 19.9. The highest BCUT2D eigenvalue weighted by Gasteiger charge is 2.45. The Labute approximate surface area is 320 Å². The number of likely N-dealkylation sites (tertiary alicyclic amines) is 1. The first-order valence-corrected chi connectivity index (χ1v) is 19.9. The molecular formula is C41H49N9O5. The van der Waals surface area contributed by atoms with Gasteiger partial charge in [-0.25, -0.2) is 0 Å². The number of imide groups is 2. The lowest BCUT2D eigenvalue weighted by Gasteiger charge is -2.47. The number of anilines is 3. The third-order valence-electron chi connectivity index (χ3n) is 12.9. The van der Waals surface area contributed by atoms with Gasteiger partial charge in [0.25, 0.3) is 11.8 Å². The number of piperazine rings is 1. The number of carbonyl (C=O) groups is 4. The van der Waals surface area contributed by atoms with Crippen LogP contribution in [0.3, 0.4) is 0 Å². The summed E-state index contributed by atoms with van der Waals surface area (Å²) in [6.07, 6.45) is 3.76. The Balaban J connectivity index is 0.745. The molecule has 9 rings (SSSR count). The highest BCUT2D eigenvalue weighted by atomic mass is 16.3.